The fourth-order valence-electron chi connectivity index (χ4n) is 1.89. The number of hydrogen-bond donors (Lipinski definition) is 1. The molecule has 1 N–H and O–H groups in total. The van der Waals surface area contributed by atoms with Gasteiger partial charge in [-0.1, -0.05) is 0 Å². The quantitative estimate of drug-likeness (QED) is 0.674. The molecule has 21 heavy (non-hydrogen) atoms. The molecule has 1 aliphatic rings. The van der Waals surface area contributed by atoms with Gasteiger partial charge in [0, 0.05) is 20.4 Å². The molecule has 0 fully saturated rings. The van der Waals surface area contributed by atoms with Gasteiger partial charge in [-0.05, 0) is 24.3 Å². The van der Waals surface area contributed by atoms with Gasteiger partial charge in [0.2, 0.25) is 5.95 Å². The van der Waals surface area contributed by atoms with Gasteiger partial charge in [-0.25, -0.2) is 9.78 Å². The normalized spacial score (nSPS) is 17.4. The van der Waals surface area contributed by atoms with Gasteiger partial charge in [0.15, 0.2) is 0 Å². The van der Waals surface area contributed by atoms with Gasteiger partial charge >= 0.3 is 5.97 Å². The minimum absolute atomic E-state index is 0.137. The molecule has 1 aromatic rings. The first-order valence-electron chi connectivity index (χ1n) is 6.21. The monoisotopic (exact) mass is 293 g/mol. The first-order chi connectivity index (χ1) is 10.0. The first kappa shape index (κ1) is 15.0. The Morgan fingerprint density at radius 2 is 2.19 bits per heavy atom. The van der Waals surface area contributed by atoms with Crippen LogP contribution in [-0.2, 0) is 9.47 Å². The topological polar surface area (TPSA) is 63.7 Å². The highest BCUT2D eigenvalue weighted by Gasteiger charge is 2.15. The van der Waals surface area contributed by atoms with E-state index in [1.165, 1.54) is 19.2 Å². The Morgan fingerprint density at radius 3 is 2.76 bits per heavy atom. The summed E-state index contributed by atoms with van der Waals surface area (Å²) in [7, 11) is 4.65. The lowest BCUT2D eigenvalue weighted by molar-refractivity contribution is 0.0441. The fourth-order valence-corrected chi connectivity index (χ4v) is 1.89. The second-order valence-corrected chi connectivity index (χ2v) is 4.39. The highest BCUT2D eigenvalue weighted by Crippen LogP contribution is 2.16. The van der Waals surface area contributed by atoms with Gasteiger partial charge in [-0.15, -0.1) is 0 Å². The number of hydrogen-bond acceptors (Lipinski definition) is 6. The number of esters is 1. The largest absolute Gasteiger partial charge is 0.465 e. The number of anilines is 1. The summed E-state index contributed by atoms with van der Waals surface area (Å²) < 4.78 is 23.4. The molecule has 2 rings (SSSR count). The maximum atomic E-state index is 13.7. The van der Waals surface area contributed by atoms with Crippen molar-refractivity contribution in [2.24, 2.45) is 0 Å². The van der Waals surface area contributed by atoms with Crippen molar-refractivity contribution in [3.8, 4) is 0 Å². The van der Waals surface area contributed by atoms with E-state index < -0.39 is 11.9 Å². The van der Waals surface area contributed by atoms with Crippen molar-refractivity contribution in [1.82, 2.24) is 9.88 Å². The van der Waals surface area contributed by atoms with E-state index in [9.17, 15) is 9.18 Å². The number of carbonyl (C=O) groups excluding carboxylic acids is 1. The summed E-state index contributed by atoms with van der Waals surface area (Å²) >= 11 is 0. The fraction of sp³-hybridized carbons (Fsp3) is 0.286. The van der Waals surface area contributed by atoms with Crippen LogP contribution in [0.5, 0.6) is 0 Å². The lowest BCUT2D eigenvalue weighted by Crippen LogP contribution is -2.30. The molecule has 0 amide bonds. The van der Waals surface area contributed by atoms with Gasteiger partial charge < -0.3 is 19.7 Å². The Kier molecular flexibility index (Phi) is 4.54. The van der Waals surface area contributed by atoms with Crippen LogP contribution in [-0.4, -0.2) is 43.3 Å². The first-order valence-corrected chi connectivity index (χ1v) is 6.21. The molecule has 0 saturated heterocycles. The summed E-state index contributed by atoms with van der Waals surface area (Å²) in [5, 5.41) is 2.95. The molecule has 1 unspecified atom stereocenters. The molecule has 2 heterocycles. The molecule has 1 aromatic heterocycles. The molecule has 0 aromatic carbocycles. The third-order valence-corrected chi connectivity index (χ3v) is 2.95. The summed E-state index contributed by atoms with van der Waals surface area (Å²) in [6, 6.07) is 2.83. The summed E-state index contributed by atoms with van der Waals surface area (Å²) in [6.07, 6.45) is 5.33. The lowest BCUT2D eigenvalue weighted by Gasteiger charge is -2.27. The van der Waals surface area contributed by atoms with E-state index in [1.54, 1.807) is 7.11 Å². The number of nitrogens with zero attached hydrogens (tertiary/aromatic N) is 2. The van der Waals surface area contributed by atoms with Crippen molar-refractivity contribution in [3.63, 3.8) is 0 Å². The van der Waals surface area contributed by atoms with Crippen molar-refractivity contribution in [3.05, 3.63) is 47.7 Å². The Hall–Kier alpha value is -2.41. The predicted octanol–water partition coefficient (Wildman–Crippen LogP) is 1.73. The molecule has 0 bridgehead atoms. The number of pyridine rings is 1. The Morgan fingerprint density at radius 1 is 1.43 bits per heavy atom. The second kappa shape index (κ2) is 6.36. The average molecular weight is 293 g/mol. The van der Waals surface area contributed by atoms with E-state index in [0.29, 0.717) is 5.82 Å². The molecule has 0 radical (unpaired) electrons. The molecular formula is C14H16FN3O3. The van der Waals surface area contributed by atoms with E-state index >= 15 is 0 Å². The van der Waals surface area contributed by atoms with E-state index in [4.69, 9.17) is 4.74 Å². The molecule has 7 heteroatoms. The maximum Gasteiger partial charge on any atom is 0.342 e. The third kappa shape index (κ3) is 3.38. The number of allylic oxidation sites excluding steroid dienone is 1. The molecule has 6 nitrogen and oxygen atoms in total. The van der Waals surface area contributed by atoms with Gasteiger partial charge in [0.05, 0.1) is 12.8 Å². The maximum absolute atomic E-state index is 13.7. The van der Waals surface area contributed by atoms with Crippen LogP contribution in [0, 0.1) is 5.95 Å². The lowest BCUT2D eigenvalue weighted by atomic mass is 10.2. The smallest absolute Gasteiger partial charge is 0.342 e. The Balaban J connectivity index is 2.13. The van der Waals surface area contributed by atoms with Crippen molar-refractivity contribution in [2.75, 3.05) is 26.6 Å². The average Bonchev–Trinajstić information content (AvgIpc) is 2.47. The number of nitrogens with one attached hydrogen (secondary N) is 1. The third-order valence-electron chi connectivity index (χ3n) is 2.95. The SMILES string of the molecule is COC(=O)c1ccc(NC2=CN(C)C(OC)C=C2)nc1F. The molecule has 112 valence electrons. The number of ether oxygens (including phenoxy) is 2. The second-order valence-electron chi connectivity index (χ2n) is 4.39. The number of carbonyl (C=O) groups is 1. The van der Waals surface area contributed by atoms with Crippen LogP contribution in [0.1, 0.15) is 10.4 Å². The Bertz CT molecular complexity index is 601. The van der Waals surface area contributed by atoms with Crippen LogP contribution in [0.3, 0.4) is 0 Å². The summed E-state index contributed by atoms with van der Waals surface area (Å²) in [4.78, 5) is 16.8. The number of halogens is 1. The van der Waals surface area contributed by atoms with E-state index in [-0.39, 0.29) is 11.8 Å². The van der Waals surface area contributed by atoms with Crippen molar-refractivity contribution < 1.29 is 18.7 Å². The van der Waals surface area contributed by atoms with Gasteiger partial charge in [-0.3, -0.25) is 0 Å². The van der Waals surface area contributed by atoms with Gasteiger partial charge in [0.25, 0.3) is 0 Å². The molecule has 1 atom stereocenters. The van der Waals surface area contributed by atoms with Gasteiger partial charge in [0.1, 0.15) is 17.6 Å². The predicted molar refractivity (Wildman–Crippen MR) is 74.9 cm³/mol. The number of likely N-dealkylation sites (N-methyl/N-ethyl adjacent to an activating group) is 1. The number of aromatic nitrogens is 1. The van der Waals surface area contributed by atoms with Crippen LogP contribution < -0.4 is 5.32 Å². The molecule has 0 saturated carbocycles. The zero-order valence-electron chi connectivity index (χ0n) is 12.0. The number of rotatable bonds is 4. The minimum Gasteiger partial charge on any atom is -0.465 e. The van der Waals surface area contributed by atoms with Crippen molar-refractivity contribution in [1.29, 1.82) is 0 Å². The summed E-state index contributed by atoms with van der Waals surface area (Å²) in [5.41, 5.74) is 0.524. The molecule has 0 spiro atoms. The van der Waals surface area contributed by atoms with Crippen LogP contribution in [0.2, 0.25) is 0 Å². The van der Waals surface area contributed by atoms with E-state index in [0.717, 1.165) is 5.70 Å². The zero-order valence-corrected chi connectivity index (χ0v) is 12.0. The summed E-state index contributed by atoms with van der Waals surface area (Å²) in [6.45, 7) is 0. The van der Waals surface area contributed by atoms with Crippen LogP contribution >= 0.6 is 0 Å². The highest BCUT2D eigenvalue weighted by atomic mass is 19.1. The Labute approximate surface area is 121 Å². The van der Waals surface area contributed by atoms with Crippen LogP contribution in [0.15, 0.2) is 36.2 Å². The van der Waals surface area contributed by atoms with E-state index in [1.807, 2.05) is 30.3 Å². The van der Waals surface area contributed by atoms with Crippen molar-refractivity contribution in [2.45, 2.75) is 6.23 Å². The molecular weight excluding hydrogens is 277 g/mol. The van der Waals surface area contributed by atoms with Crippen LogP contribution in [0.25, 0.3) is 0 Å². The zero-order chi connectivity index (χ0) is 15.4. The standard InChI is InChI=1S/C14H16FN3O3/c1-18-8-9(4-7-12(18)20-2)16-11-6-5-10(13(15)17-11)14(19)21-3/h4-8,12H,1-3H3,(H,16,17). The van der Waals surface area contributed by atoms with E-state index in [2.05, 4.69) is 15.0 Å². The molecule has 0 aliphatic carbocycles. The van der Waals surface area contributed by atoms with Gasteiger partial charge in [-0.2, -0.15) is 4.39 Å². The number of methoxy groups -OCH3 is 2. The minimum atomic E-state index is -0.879. The molecule has 1 aliphatic heterocycles. The summed E-state index contributed by atoms with van der Waals surface area (Å²) in [5.74, 6) is -1.35. The van der Waals surface area contributed by atoms with Crippen LogP contribution in [0.4, 0.5) is 10.2 Å². The van der Waals surface area contributed by atoms with Crippen molar-refractivity contribution >= 4 is 11.8 Å². The highest BCUT2D eigenvalue weighted by molar-refractivity contribution is 5.89.